The fraction of sp³-hybridized carbons (Fsp3) is 0.292. The van der Waals surface area contributed by atoms with Crippen LogP contribution in [0.5, 0.6) is 0 Å². The molecule has 0 bridgehead atoms. The number of cyclic esters (lactones) is 2. The molecule has 0 spiro atoms. The highest BCUT2D eigenvalue weighted by molar-refractivity contribution is 6.15. The Morgan fingerprint density at radius 1 is 0.906 bits per heavy atom. The van der Waals surface area contributed by atoms with E-state index in [1.54, 1.807) is 29.2 Å². The molecule has 4 rings (SSSR count). The van der Waals surface area contributed by atoms with E-state index < -0.39 is 17.7 Å². The zero-order valence-corrected chi connectivity index (χ0v) is 18.0. The molecule has 8 nitrogen and oxygen atoms in total. The summed E-state index contributed by atoms with van der Waals surface area (Å²) in [6.45, 7) is 5.64. The second-order valence-corrected chi connectivity index (χ2v) is 8.04. The highest BCUT2D eigenvalue weighted by atomic mass is 16.7. The number of amides is 1. The Kier molecular flexibility index (Phi) is 5.85. The summed E-state index contributed by atoms with van der Waals surface area (Å²) in [6.07, 6.45) is 1.22. The molecule has 2 heterocycles. The number of piperazine rings is 1. The normalized spacial score (nSPS) is 18.0. The highest BCUT2D eigenvalue weighted by Gasteiger charge is 2.39. The second-order valence-electron chi connectivity index (χ2n) is 8.04. The lowest BCUT2D eigenvalue weighted by atomic mass is 10.1. The first kappa shape index (κ1) is 21.4. The first-order chi connectivity index (χ1) is 15.3. The minimum atomic E-state index is -1.30. The van der Waals surface area contributed by atoms with Crippen molar-refractivity contribution in [2.24, 2.45) is 0 Å². The minimum absolute atomic E-state index is 0.117. The molecule has 166 valence electrons. The van der Waals surface area contributed by atoms with Gasteiger partial charge in [0.1, 0.15) is 0 Å². The zero-order chi connectivity index (χ0) is 22.7. The molecule has 0 unspecified atom stereocenters. The van der Waals surface area contributed by atoms with E-state index in [2.05, 4.69) is 22.3 Å². The van der Waals surface area contributed by atoms with Gasteiger partial charge in [-0.3, -0.25) is 4.79 Å². The average molecular weight is 435 g/mol. The molecule has 0 aliphatic carbocycles. The predicted octanol–water partition coefficient (Wildman–Crippen LogP) is 2.78. The zero-order valence-electron chi connectivity index (χ0n) is 18.0. The van der Waals surface area contributed by atoms with Crippen LogP contribution >= 0.6 is 0 Å². The van der Waals surface area contributed by atoms with E-state index >= 15 is 0 Å². The van der Waals surface area contributed by atoms with Gasteiger partial charge in [-0.25, -0.2) is 9.59 Å². The Labute approximate surface area is 186 Å². The number of esters is 2. The number of nitrogens with one attached hydrogen (secondary N) is 1. The Morgan fingerprint density at radius 3 is 2.16 bits per heavy atom. The predicted molar refractivity (Wildman–Crippen MR) is 119 cm³/mol. The van der Waals surface area contributed by atoms with Crippen molar-refractivity contribution < 1.29 is 23.9 Å². The summed E-state index contributed by atoms with van der Waals surface area (Å²) in [6, 6.07) is 17.1. The van der Waals surface area contributed by atoms with Gasteiger partial charge in [0.05, 0.1) is 11.3 Å². The van der Waals surface area contributed by atoms with Gasteiger partial charge < -0.3 is 24.6 Å². The molecule has 2 aromatic rings. The molecule has 1 N–H and O–H groups in total. The van der Waals surface area contributed by atoms with Crippen molar-refractivity contribution in [3.63, 3.8) is 0 Å². The number of anilines is 2. The molecule has 8 heteroatoms. The fourth-order valence-electron chi connectivity index (χ4n) is 3.70. The van der Waals surface area contributed by atoms with Crippen LogP contribution in [0.2, 0.25) is 0 Å². The molecule has 0 aromatic heterocycles. The summed E-state index contributed by atoms with van der Waals surface area (Å²) < 4.78 is 10.2. The lowest BCUT2D eigenvalue weighted by molar-refractivity contribution is -0.222. The Balaban J connectivity index is 1.45. The summed E-state index contributed by atoms with van der Waals surface area (Å²) in [5, 5.41) is 2.90. The molecule has 1 amide bonds. The maximum atomic E-state index is 13.2. The van der Waals surface area contributed by atoms with Crippen LogP contribution in [0.25, 0.3) is 0 Å². The van der Waals surface area contributed by atoms with E-state index in [0.29, 0.717) is 24.3 Å². The van der Waals surface area contributed by atoms with E-state index in [4.69, 9.17) is 9.47 Å². The summed E-state index contributed by atoms with van der Waals surface area (Å²) in [4.78, 5) is 41.5. The Morgan fingerprint density at radius 2 is 1.50 bits per heavy atom. The van der Waals surface area contributed by atoms with Crippen LogP contribution in [0.3, 0.4) is 0 Å². The number of hydrogen-bond donors (Lipinski definition) is 1. The molecular formula is C24H25N3O5. The Hall–Kier alpha value is -3.81. The van der Waals surface area contributed by atoms with Gasteiger partial charge in [0.2, 0.25) is 0 Å². The smallest absolute Gasteiger partial charge is 0.350 e. The third-order valence-corrected chi connectivity index (χ3v) is 5.33. The van der Waals surface area contributed by atoms with E-state index in [1.807, 2.05) is 18.2 Å². The van der Waals surface area contributed by atoms with Crippen molar-refractivity contribution in [1.29, 1.82) is 0 Å². The van der Waals surface area contributed by atoms with Crippen LogP contribution in [0, 0.1) is 0 Å². The highest BCUT2D eigenvalue weighted by Crippen LogP contribution is 2.24. The van der Waals surface area contributed by atoms with Crippen molar-refractivity contribution in [2.45, 2.75) is 19.6 Å². The van der Waals surface area contributed by atoms with Gasteiger partial charge in [0.25, 0.3) is 11.7 Å². The van der Waals surface area contributed by atoms with Crippen molar-refractivity contribution in [2.75, 3.05) is 36.4 Å². The van der Waals surface area contributed by atoms with Crippen molar-refractivity contribution in [3.8, 4) is 0 Å². The van der Waals surface area contributed by atoms with Crippen LogP contribution in [0.1, 0.15) is 24.2 Å². The summed E-state index contributed by atoms with van der Waals surface area (Å²) in [5.74, 6) is -2.98. The van der Waals surface area contributed by atoms with Gasteiger partial charge in [-0.1, -0.05) is 30.3 Å². The van der Waals surface area contributed by atoms with Crippen LogP contribution < -0.4 is 10.2 Å². The quantitative estimate of drug-likeness (QED) is 0.449. The molecule has 2 aliphatic rings. The monoisotopic (exact) mass is 435 g/mol. The number of rotatable bonds is 4. The molecule has 0 saturated carbocycles. The van der Waals surface area contributed by atoms with Crippen molar-refractivity contribution >= 4 is 29.2 Å². The maximum Gasteiger partial charge on any atom is 0.350 e. The van der Waals surface area contributed by atoms with Gasteiger partial charge in [0.15, 0.2) is 5.57 Å². The summed E-state index contributed by atoms with van der Waals surface area (Å²) in [7, 11) is 0. The van der Waals surface area contributed by atoms with Crippen LogP contribution in [-0.2, 0) is 19.1 Å². The van der Waals surface area contributed by atoms with E-state index in [9.17, 15) is 14.4 Å². The van der Waals surface area contributed by atoms with Crippen LogP contribution in [0.15, 0.2) is 66.4 Å². The number of carbonyl (C=O) groups is 3. The third kappa shape index (κ3) is 4.59. The van der Waals surface area contributed by atoms with Gasteiger partial charge in [-0.2, -0.15) is 0 Å². The lowest BCUT2D eigenvalue weighted by Gasteiger charge is -2.36. The molecule has 2 saturated heterocycles. The number of benzene rings is 2. The maximum absolute atomic E-state index is 13.2. The standard InChI is InChI=1S/C24H25N3O5/c1-24(2)31-22(29)19(23(30)32-24)16-25-20-11-7-6-10-18(20)21(28)27-14-12-26(13-15-27)17-8-4-3-5-9-17/h3-11,16,25H,12-15H2,1-2H3. The van der Waals surface area contributed by atoms with Crippen LogP contribution in [-0.4, -0.2) is 54.7 Å². The van der Waals surface area contributed by atoms with E-state index in [1.165, 1.54) is 20.0 Å². The first-order valence-corrected chi connectivity index (χ1v) is 10.5. The summed E-state index contributed by atoms with van der Waals surface area (Å²) in [5.41, 5.74) is 1.82. The number of para-hydroxylation sites is 2. The molecule has 2 aliphatic heterocycles. The first-order valence-electron chi connectivity index (χ1n) is 10.5. The van der Waals surface area contributed by atoms with E-state index in [-0.39, 0.29) is 11.5 Å². The van der Waals surface area contributed by atoms with Crippen molar-refractivity contribution in [3.05, 3.63) is 71.9 Å². The largest absolute Gasteiger partial charge is 0.419 e. The minimum Gasteiger partial charge on any atom is -0.419 e. The molecular weight excluding hydrogens is 410 g/mol. The molecule has 2 aromatic carbocycles. The average Bonchev–Trinajstić information content (AvgIpc) is 2.78. The third-order valence-electron chi connectivity index (χ3n) is 5.33. The van der Waals surface area contributed by atoms with E-state index in [0.717, 1.165) is 18.8 Å². The Bertz CT molecular complexity index is 1030. The number of carbonyl (C=O) groups excluding carboxylic acids is 3. The number of hydrogen-bond acceptors (Lipinski definition) is 7. The molecule has 0 radical (unpaired) electrons. The van der Waals surface area contributed by atoms with Gasteiger partial charge in [0, 0.05) is 51.9 Å². The molecule has 0 atom stereocenters. The topological polar surface area (TPSA) is 88.2 Å². The fourth-order valence-corrected chi connectivity index (χ4v) is 3.70. The van der Waals surface area contributed by atoms with Gasteiger partial charge in [-0.05, 0) is 24.3 Å². The molecule has 32 heavy (non-hydrogen) atoms. The lowest BCUT2D eigenvalue weighted by Crippen LogP contribution is -2.48. The van der Waals surface area contributed by atoms with Crippen LogP contribution in [0.4, 0.5) is 11.4 Å². The number of nitrogens with zero attached hydrogens (tertiary/aromatic N) is 2. The summed E-state index contributed by atoms with van der Waals surface area (Å²) >= 11 is 0. The van der Waals surface area contributed by atoms with Gasteiger partial charge >= 0.3 is 11.9 Å². The number of ether oxygens (including phenoxy) is 2. The molecule has 2 fully saturated rings. The van der Waals surface area contributed by atoms with Crippen molar-refractivity contribution in [1.82, 2.24) is 4.90 Å². The SMILES string of the molecule is CC1(C)OC(=O)C(=CNc2ccccc2C(=O)N2CCN(c3ccccc3)CC2)C(=O)O1. The second kappa shape index (κ2) is 8.74. The van der Waals surface area contributed by atoms with Gasteiger partial charge in [-0.15, -0.1) is 0 Å².